The van der Waals surface area contributed by atoms with Crippen molar-refractivity contribution in [3.8, 4) is 10.4 Å². The summed E-state index contributed by atoms with van der Waals surface area (Å²) >= 11 is 7.76. The molecule has 0 fully saturated rings. The molecule has 1 unspecified atom stereocenters. The Bertz CT molecular complexity index is 1160. The van der Waals surface area contributed by atoms with Crippen LogP contribution < -0.4 is 11.3 Å². The summed E-state index contributed by atoms with van der Waals surface area (Å²) in [6.45, 7) is 4.16. The Hall–Kier alpha value is -2.41. The Morgan fingerprint density at radius 2 is 1.97 bits per heavy atom. The first-order valence-electron chi connectivity index (χ1n) is 9.26. The van der Waals surface area contributed by atoms with Crippen LogP contribution in [-0.2, 0) is 16.6 Å². The second kappa shape index (κ2) is 7.44. The largest absolute Gasteiger partial charge is 0.370 e. The van der Waals surface area contributed by atoms with Crippen LogP contribution >= 0.6 is 22.9 Å². The minimum Gasteiger partial charge on any atom is -0.370 e. The number of aryl methyl sites for hydroxylation is 2. The van der Waals surface area contributed by atoms with Gasteiger partial charge in [0.05, 0.1) is 12.5 Å². The fourth-order valence-corrected chi connectivity index (χ4v) is 5.14. The number of amides is 1. The molecule has 3 heterocycles. The van der Waals surface area contributed by atoms with Crippen molar-refractivity contribution >= 4 is 28.8 Å². The maximum atomic E-state index is 12.4. The lowest BCUT2D eigenvalue weighted by molar-refractivity contribution is -0.121. The first kappa shape index (κ1) is 19.9. The second-order valence-electron chi connectivity index (χ2n) is 7.34. The number of aromatic nitrogens is 1. The zero-order chi connectivity index (χ0) is 20.9. The van der Waals surface area contributed by atoms with Gasteiger partial charge in [-0.3, -0.25) is 9.59 Å². The molecule has 0 saturated heterocycles. The summed E-state index contributed by atoms with van der Waals surface area (Å²) in [6.07, 6.45) is 0.811. The second-order valence-corrected chi connectivity index (χ2v) is 9.01. The number of carbonyl (C=O) groups excluding carboxylic acids is 1. The van der Waals surface area contributed by atoms with Crippen LogP contribution in [0.5, 0.6) is 0 Å². The van der Waals surface area contributed by atoms with Gasteiger partial charge < -0.3 is 15.0 Å². The van der Waals surface area contributed by atoms with Crippen LogP contribution in [-0.4, -0.2) is 10.5 Å². The molecule has 7 heteroatoms. The van der Waals surface area contributed by atoms with Crippen molar-refractivity contribution in [3.05, 3.63) is 79.0 Å². The first-order valence-corrected chi connectivity index (χ1v) is 10.5. The number of thiophene rings is 1. The molecule has 0 aliphatic carbocycles. The lowest BCUT2D eigenvalue weighted by atomic mass is 9.95. The molecule has 0 bridgehead atoms. The number of rotatable bonds is 3. The van der Waals surface area contributed by atoms with Crippen LogP contribution in [0.15, 0.2) is 41.3 Å². The molecule has 3 aromatic rings. The smallest absolute Gasteiger partial charge is 0.250 e. The van der Waals surface area contributed by atoms with Crippen LogP contribution in [0.4, 0.5) is 0 Å². The maximum absolute atomic E-state index is 12.4. The monoisotopic (exact) mass is 428 g/mol. The third-order valence-corrected chi connectivity index (χ3v) is 6.91. The Morgan fingerprint density at radius 3 is 2.62 bits per heavy atom. The molecule has 4 rings (SSSR count). The molecule has 1 aliphatic heterocycles. The van der Waals surface area contributed by atoms with E-state index in [1.165, 1.54) is 4.88 Å². The van der Waals surface area contributed by atoms with Crippen LogP contribution in [0, 0.1) is 13.8 Å². The van der Waals surface area contributed by atoms with Crippen LogP contribution in [0.25, 0.3) is 10.4 Å². The molecule has 1 aliphatic rings. The highest BCUT2D eigenvalue weighted by atomic mass is 35.5. The van der Waals surface area contributed by atoms with Gasteiger partial charge in [-0.05, 0) is 42.7 Å². The number of pyridine rings is 1. The molecule has 2 N–H and O–H groups in total. The third-order valence-electron chi connectivity index (χ3n) is 5.41. The van der Waals surface area contributed by atoms with Gasteiger partial charge in [0, 0.05) is 45.2 Å². The Labute approximate surface area is 177 Å². The third kappa shape index (κ3) is 3.52. The van der Waals surface area contributed by atoms with E-state index in [4.69, 9.17) is 22.1 Å². The molecule has 0 spiro atoms. The fourth-order valence-electron chi connectivity index (χ4n) is 3.79. The van der Waals surface area contributed by atoms with Gasteiger partial charge in [-0.15, -0.1) is 11.3 Å². The van der Waals surface area contributed by atoms with E-state index < -0.39 is 18.1 Å². The van der Waals surface area contributed by atoms with Crippen molar-refractivity contribution < 1.29 is 9.53 Å². The number of ether oxygens (including phenoxy) is 1. The summed E-state index contributed by atoms with van der Waals surface area (Å²) in [5, 5.41) is 0.640. The molecule has 150 valence electrons. The van der Waals surface area contributed by atoms with Crippen LogP contribution in [0.3, 0.4) is 0 Å². The highest BCUT2D eigenvalue weighted by Crippen LogP contribution is 2.50. The van der Waals surface area contributed by atoms with Crippen LogP contribution in [0.1, 0.15) is 45.8 Å². The molecular weight excluding hydrogens is 408 g/mol. The molecule has 1 aromatic carbocycles. The van der Waals surface area contributed by atoms with Gasteiger partial charge in [0.2, 0.25) is 5.91 Å². The number of hydrogen-bond donors (Lipinski definition) is 1. The van der Waals surface area contributed by atoms with Gasteiger partial charge in [-0.2, -0.15) is 0 Å². The SMILES string of the molecule is Cc1sc2c(c1C)C(c1ccc(Cl)cc1)O[C@@H](CC(N)=O)c1cc(=O)n(C)cc1-2. The summed E-state index contributed by atoms with van der Waals surface area (Å²) in [5.41, 5.74) is 10.1. The highest BCUT2D eigenvalue weighted by molar-refractivity contribution is 7.15. The average Bonchev–Trinajstić information content (AvgIpc) is 2.89. The molecule has 1 amide bonds. The van der Waals surface area contributed by atoms with E-state index in [9.17, 15) is 9.59 Å². The van der Waals surface area contributed by atoms with Gasteiger partial charge in [-0.25, -0.2) is 0 Å². The molecule has 29 heavy (non-hydrogen) atoms. The summed E-state index contributed by atoms with van der Waals surface area (Å²) in [7, 11) is 1.72. The zero-order valence-electron chi connectivity index (χ0n) is 16.4. The number of carbonyl (C=O) groups is 1. The number of hydrogen-bond acceptors (Lipinski definition) is 4. The Balaban J connectivity index is 2.01. The number of fused-ring (bicyclic) bond motifs is 3. The predicted molar refractivity (Wildman–Crippen MR) is 115 cm³/mol. The van der Waals surface area contributed by atoms with Gasteiger partial charge in [0.15, 0.2) is 0 Å². The van der Waals surface area contributed by atoms with Crippen molar-refractivity contribution in [1.82, 2.24) is 4.57 Å². The van der Waals surface area contributed by atoms with Gasteiger partial charge in [0.1, 0.15) is 6.10 Å². The maximum Gasteiger partial charge on any atom is 0.250 e. The van der Waals surface area contributed by atoms with E-state index in [1.807, 2.05) is 30.5 Å². The summed E-state index contributed by atoms with van der Waals surface area (Å²) in [5.74, 6) is -0.477. The van der Waals surface area contributed by atoms with E-state index in [2.05, 4.69) is 13.8 Å². The van der Waals surface area contributed by atoms with Crippen molar-refractivity contribution in [2.45, 2.75) is 32.5 Å². The zero-order valence-corrected chi connectivity index (χ0v) is 17.9. The standard InChI is InChI=1S/C22H21ClN2O3S/c1-11-12(2)29-22-16-10-25(3)19(27)8-15(16)17(9-18(24)26)28-21(20(11)22)13-4-6-14(23)7-5-13/h4-8,10,17,21H,9H2,1-3H3,(H2,24,26)/t17-,21?/m0/s1. The molecule has 2 aromatic heterocycles. The Morgan fingerprint density at radius 1 is 1.28 bits per heavy atom. The van der Waals surface area contributed by atoms with E-state index in [0.29, 0.717) is 10.6 Å². The first-order chi connectivity index (χ1) is 13.8. The summed E-state index contributed by atoms with van der Waals surface area (Å²) < 4.78 is 8.06. The van der Waals surface area contributed by atoms with Crippen LogP contribution in [0.2, 0.25) is 5.02 Å². The summed E-state index contributed by atoms with van der Waals surface area (Å²) in [4.78, 5) is 26.4. The highest BCUT2D eigenvalue weighted by Gasteiger charge is 2.34. The average molecular weight is 429 g/mol. The van der Waals surface area contributed by atoms with E-state index in [1.54, 1.807) is 29.0 Å². The number of primary amides is 1. The minimum absolute atomic E-state index is 0.00275. The molecular formula is C22H21ClN2O3S. The molecule has 5 nitrogen and oxygen atoms in total. The van der Waals surface area contributed by atoms with Crippen molar-refractivity contribution in [1.29, 1.82) is 0 Å². The topological polar surface area (TPSA) is 74.3 Å². The lowest BCUT2D eigenvalue weighted by Gasteiger charge is -2.24. The van der Waals surface area contributed by atoms with Crippen molar-refractivity contribution in [2.24, 2.45) is 12.8 Å². The fraction of sp³-hybridized carbons (Fsp3) is 0.273. The van der Waals surface area contributed by atoms with Gasteiger partial charge >= 0.3 is 0 Å². The quantitative estimate of drug-likeness (QED) is 0.671. The van der Waals surface area contributed by atoms with Gasteiger partial charge in [-0.1, -0.05) is 23.7 Å². The summed E-state index contributed by atoms with van der Waals surface area (Å²) in [6, 6.07) is 9.07. The van der Waals surface area contributed by atoms with Crippen molar-refractivity contribution in [2.75, 3.05) is 0 Å². The molecule has 0 saturated carbocycles. The number of benzene rings is 1. The number of halogens is 1. The number of nitrogens with zero attached hydrogens (tertiary/aromatic N) is 1. The van der Waals surface area contributed by atoms with Crippen molar-refractivity contribution in [3.63, 3.8) is 0 Å². The lowest BCUT2D eigenvalue weighted by Crippen LogP contribution is -2.22. The van der Waals surface area contributed by atoms with E-state index in [-0.39, 0.29) is 12.0 Å². The Kier molecular flexibility index (Phi) is 5.11. The normalized spacial score (nSPS) is 18.1. The van der Waals surface area contributed by atoms with E-state index >= 15 is 0 Å². The number of nitrogens with two attached hydrogens (primary N) is 1. The predicted octanol–water partition coefficient (Wildman–Crippen LogP) is 4.42. The minimum atomic E-state index is -0.614. The molecule has 0 radical (unpaired) electrons. The van der Waals surface area contributed by atoms with Gasteiger partial charge in [0.25, 0.3) is 5.56 Å². The van der Waals surface area contributed by atoms with E-state index in [0.717, 1.165) is 27.1 Å². The molecule has 2 atom stereocenters.